The Kier molecular flexibility index (Phi) is 6.56. The van der Waals surface area contributed by atoms with Crippen LogP contribution in [0.1, 0.15) is 33.3 Å². The van der Waals surface area contributed by atoms with Gasteiger partial charge in [0.2, 0.25) is 5.91 Å². The molecule has 1 amide bonds. The van der Waals surface area contributed by atoms with Crippen molar-refractivity contribution in [2.24, 2.45) is 0 Å². The third kappa shape index (κ3) is 6.48. The Hall–Kier alpha value is -1.92. The van der Waals surface area contributed by atoms with Crippen LogP contribution in [-0.2, 0) is 20.7 Å². The van der Waals surface area contributed by atoms with Gasteiger partial charge in [0.15, 0.2) is 0 Å². The van der Waals surface area contributed by atoms with Crippen LogP contribution in [0.2, 0.25) is 0 Å². The molecule has 0 saturated carbocycles. The zero-order valence-corrected chi connectivity index (χ0v) is 15.6. The molecule has 25 heavy (non-hydrogen) atoms. The summed E-state index contributed by atoms with van der Waals surface area (Å²) in [7, 11) is 0. The van der Waals surface area contributed by atoms with E-state index in [1.165, 1.54) is 6.92 Å². The van der Waals surface area contributed by atoms with Gasteiger partial charge in [-0.1, -0.05) is 12.1 Å². The molecule has 0 spiro atoms. The highest BCUT2D eigenvalue weighted by Gasteiger charge is 2.31. The van der Waals surface area contributed by atoms with Gasteiger partial charge < -0.3 is 15.4 Å². The van der Waals surface area contributed by atoms with Gasteiger partial charge in [-0.25, -0.2) is 0 Å². The van der Waals surface area contributed by atoms with Crippen LogP contribution in [0.25, 0.3) is 0 Å². The summed E-state index contributed by atoms with van der Waals surface area (Å²) >= 11 is 0. The van der Waals surface area contributed by atoms with Crippen molar-refractivity contribution >= 4 is 17.6 Å². The lowest BCUT2D eigenvalue weighted by Crippen LogP contribution is -2.53. The fourth-order valence-corrected chi connectivity index (χ4v) is 2.88. The second-order valence-corrected chi connectivity index (χ2v) is 7.42. The molecule has 0 bridgehead atoms. The minimum Gasteiger partial charge on any atom is -0.459 e. The second kappa shape index (κ2) is 8.45. The molecule has 2 rings (SSSR count). The first-order chi connectivity index (χ1) is 11.7. The van der Waals surface area contributed by atoms with Crippen molar-refractivity contribution in [1.29, 1.82) is 0 Å². The molecule has 0 aromatic heterocycles. The average Bonchev–Trinajstić information content (AvgIpc) is 2.52. The molecule has 1 fully saturated rings. The summed E-state index contributed by atoms with van der Waals surface area (Å²) in [6, 6.07) is 7.32. The van der Waals surface area contributed by atoms with Crippen LogP contribution in [0.5, 0.6) is 0 Å². The van der Waals surface area contributed by atoms with Gasteiger partial charge in [-0.15, -0.1) is 0 Å². The van der Waals surface area contributed by atoms with Gasteiger partial charge in [-0.05, 0) is 44.9 Å². The van der Waals surface area contributed by atoms with Crippen LogP contribution in [0.15, 0.2) is 24.3 Å². The number of nitrogens with zero attached hydrogens (tertiary/aromatic N) is 1. The van der Waals surface area contributed by atoms with E-state index in [9.17, 15) is 9.59 Å². The maximum atomic E-state index is 12.7. The average molecular weight is 347 g/mol. The van der Waals surface area contributed by atoms with E-state index in [2.05, 4.69) is 15.5 Å². The molecule has 1 aromatic carbocycles. The van der Waals surface area contributed by atoms with E-state index in [1.807, 2.05) is 45.0 Å². The third-order valence-electron chi connectivity index (χ3n) is 3.97. The molecule has 1 atom stereocenters. The smallest absolute Gasteiger partial charge is 0.324 e. The number of rotatable bonds is 5. The first-order valence-electron chi connectivity index (χ1n) is 8.79. The minimum absolute atomic E-state index is 0.0970. The van der Waals surface area contributed by atoms with Crippen molar-refractivity contribution in [2.75, 3.05) is 31.5 Å². The standard InChI is InChI=1S/C19H29N3O3/c1-14(23)21-16-7-5-15(6-8-16)13-17(18(24)25-19(2,3)4)22-11-9-20-10-12-22/h5-8,17,20H,9-13H2,1-4H3,(H,21,23). The summed E-state index contributed by atoms with van der Waals surface area (Å²) in [4.78, 5) is 26.0. The number of piperazine rings is 1. The molecule has 1 saturated heterocycles. The number of hydrogen-bond acceptors (Lipinski definition) is 5. The summed E-state index contributed by atoms with van der Waals surface area (Å²) in [6.07, 6.45) is 0.593. The van der Waals surface area contributed by atoms with Crippen molar-refractivity contribution in [3.8, 4) is 0 Å². The fraction of sp³-hybridized carbons (Fsp3) is 0.579. The number of benzene rings is 1. The number of esters is 1. The van der Waals surface area contributed by atoms with E-state index in [0.29, 0.717) is 6.42 Å². The zero-order valence-electron chi connectivity index (χ0n) is 15.6. The molecule has 6 heteroatoms. The van der Waals surface area contributed by atoms with Gasteiger partial charge in [0.05, 0.1) is 0 Å². The highest BCUT2D eigenvalue weighted by Crippen LogP contribution is 2.18. The summed E-state index contributed by atoms with van der Waals surface area (Å²) in [5.41, 5.74) is 1.30. The molecular formula is C19H29N3O3. The van der Waals surface area contributed by atoms with Gasteiger partial charge in [-0.2, -0.15) is 0 Å². The summed E-state index contributed by atoms with van der Waals surface area (Å²) in [6.45, 7) is 10.6. The Morgan fingerprint density at radius 3 is 2.32 bits per heavy atom. The molecule has 2 N–H and O–H groups in total. The molecule has 1 unspecified atom stereocenters. The van der Waals surface area contributed by atoms with Crippen molar-refractivity contribution in [1.82, 2.24) is 10.2 Å². The number of nitrogens with one attached hydrogen (secondary N) is 2. The highest BCUT2D eigenvalue weighted by molar-refractivity contribution is 5.88. The van der Waals surface area contributed by atoms with Gasteiger partial charge in [0.1, 0.15) is 11.6 Å². The minimum atomic E-state index is -0.501. The molecule has 138 valence electrons. The monoisotopic (exact) mass is 347 g/mol. The topological polar surface area (TPSA) is 70.7 Å². The number of anilines is 1. The second-order valence-electron chi connectivity index (χ2n) is 7.42. The van der Waals surface area contributed by atoms with Gasteiger partial charge in [-0.3, -0.25) is 14.5 Å². The Labute approximate surface area is 149 Å². The van der Waals surface area contributed by atoms with Crippen LogP contribution in [0.4, 0.5) is 5.69 Å². The van der Waals surface area contributed by atoms with E-state index < -0.39 is 5.60 Å². The molecule has 0 radical (unpaired) electrons. The van der Waals surface area contributed by atoms with E-state index in [4.69, 9.17) is 4.74 Å². The summed E-state index contributed by atoms with van der Waals surface area (Å²) < 4.78 is 5.64. The number of carbonyl (C=O) groups excluding carboxylic acids is 2. The SMILES string of the molecule is CC(=O)Nc1ccc(CC(C(=O)OC(C)(C)C)N2CCNCC2)cc1. The highest BCUT2D eigenvalue weighted by atomic mass is 16.6. The lowest BCUT2D eigenvalue weighted by molar-refractivity contribution is -0.161. The Balaban J connectivity index is 2.11. The van der Waals surface area contributed by atoms with Gasteiger partial charge in [0.25, 0.3) is 0 Å². The predicted molar refractivity (Wildman–Crippen MR) is 98.5 cm³/mol. The fourth-order valence-electron chi connectivity index (χ4n) is 2.88. The molecule has 1 aromatic rings. The molecule has 1 heterocycles. The number of ether oxygens (including phenoxy) is 1. The Morgan fingerprint density at radius 2 is 1.80 bits per heavy atom. The van der Waals surface area contributed by atoms with Crippen LogP contribution in [-0.4, -0.2) is 54.6 Å². The first-order valence-corrected chi connectivity index (χ1v) is 8.79. The van der Waals surface area contributed by atoms with Gasteiger partial charge >= 0.3 is 5.97 Å². The van der Waals surface area contributed by atoms with E-state index in [-0.39, 0.29) is 17.9 Å². The normalized spacial score (nSPS) is 17.0. The number of hydrogen-bond donors (Lipinski definition) is 2. The summed E-state index contributed by atoms with van der Waals surface area (Å²) in [5, 5.41) is 6.07. The van der Waals surface area contributed by atoms with Crippen LogP contribution >= 0.6 is 0 Å². The lowest BCUT2D eigenvalue weighted by atomic mass is 10.0. The Bertz CT molecular complexity index is 587. The number of carbonyl (C=O) groups is 2. The van der Waals surface area contributed by atoms with E-state index in [1.54, 1.807) is 0 Å². The van der Waals surface area contributed by atoms with E-state index in [0.717, 1.165) is 37.4 Å². The van der Waals surface area contributed by atoms with Crippen LogP contribution < -0.4 is 10.6 Å². The molecular weight excluding hydrogens is 318 g/mol. The molecule has 6 nitrogen and oxygen atoms in total. The number of amides is 1. The largest absolute Gasteiger partial charge is 0.459 e. The van der Waals surface area contributed by atoms with Crippen LogP contribution in [0.3, 0.4) is 0 Å². The summed E-state index contributed by atoms with van der Waals surface area (Å²) in [5.74, 6) is -0.277. The Morgan fingerprint density at radius 1 is 1.20 bits per heavy atom. The zero-order chi connectivity index (χ0) is 18.4. The van der Waals surface area contributed by atoms with Gasteiger partial charge in [0, 0.05) is 38.8 Å². The van der Waals surface area contributed by atoms with Crippen molar-refractivity contribution in [3.05, 3.63) is 29.8 Å². The first kappa shape index (κ1) is 19.4. The van der Waals surface area contributed by atoms with Crippen molar-refractivity contribution < 1.29 is 14.3 Å². The maximum Gasteiger partial charge on any atom is 0.324 e. The third-order valence-corrected chi connectivity index (χ3v) is 3.97. The maximum absolute atomic E-state index is 12.7. The molecule has 1 aliphatic rings. The lowest BCUT2D eigenvalue weighted by Gasteiger charge is -2.35. The molecule has 0 aliphatic carbocycles. The van der Waals surface area contributed by atoms with E-state index >= 15 is 0 Å². The van der Waals surface area contributed by atoms with Crippen LogP contribution in [0, 0.1) is 0 Å². The molecule has 1 aliphatic heterocycles. The predicted octanol–water partition coefficient (Wildman–Crippen LogP) is 1.80. The van der Waals surface area contributed by atoms with Crippen molar-refractivity contribution in [2.45, 2.75) is 45.8 Å². The quantitative estimate of drug-likeness (QED) is 0.795. The van der Waals surface area contributed by atoms with Crippen molar-refractivity contribution in [3.63, 3.8) is 0 Å².